The lowest BCUT2D eigenvalue weighted by Gasteiger charge is -2.12. The average molecular weight is 331 g/mol. The summed E-state index contributed by atoms with van der Waals surface area (Å²) in [6.07, 6.45) is 4.15. The lowest BCUT2D eigenvalue weighted by molar-refractivity contribution is 0.568. The zero-order valence-corrected chi connectivity index (χ0v) is 13.1. The van der Waals surface area contributed by atoms with Crippen LogP contribution in [0, 0.1) is 5.92 Å². The third-order valence-corrected chi connectivity index (χ3v) is 6.48. The van der Waals surface area contributed by atoms with Crippen LogP contribution in [0.1, 0.15) is 30.9 Å². The van der Waals surface area contributed by atoms with Crippen LogP contribution < -0.4 is 0 Å². The highest BCUT2D eigenvalue weighted by atomic mass is 79.9. The summed E-state index contributed by atoms with van der Waals surface area (Å²) in [5, 5.41) is 0.744. The molecule has 100 valence electrons. The Labute approximate surface area is 118 Å². The maximum Gasteiger partial charge on any atom is 0.178 e. The first-order valence-corrected chi connectivity index (χ1v) is 9.24. The van der Waals surface area contributed by atoms with E-state index in [0.29, 0.717) is 4.90 Å². The van der Waals surface area contributed by atoms with Crippen molar-refractivity contribution in [2.75, 3.05) is 11.1 Å². The predicted octanol–water partition coefficient (Wildman–Crippen LogP) is 3.37. The largest absolute Gasteiger partial charge is 0.224 e. The third-order valence-electron chi connectivity index (χ3n) is 3.68. The van der Waals surface area contributed by atoms with Gasteiger partial charge in [0.15, 0.2) is 9.84 Å². The van der Waals surface area contributed by atoms with Crippen molar-refractivity contribution in [1.29, 1.82) is 0 Å². The summed E-state index contributed by atoms with van der Waals surface area (Å²) in [6, 6.07) is 5.66. The fourth-order valence-electron chi connectivity index (χ4n) is 2.42. The van der Waals surface area contributed by atoms with Crippen LogP contribution in [0.2, 0.25) is 0 Å². The van der Waals surface area contributed by atoms with E-state index in [1.54, 1.807) is 6.07 Å². The number of fused-ring (bicyclic) bond motifs is 1. The Kier molecular flexibility index (Phi) is 4.49. The SMILES string of the molecule is CCC(CBr)CS(=O)(=O)c1ccc2c(c1)CCC2. The molecule has 0 heterocycles. The molecule has 0 amide bonds. The van der Waals surface area contributed by atoms with Crippen molar-refractivity contribution in [3.63, 3.8) is 0 Å². The monoisotopic (exact) mass is 330 g/mol. The number of sulfone groups is 1. The molecule has 4 heteroatoms. The van der Waals surface area contributed by atoms with Crippen LogP contribution >= 0.6 is 15.9 Å². The van der Waals surface area contributed by atoms with Gasteiger partial charge >= 0.3 is 0 Å². The fourth-order valence-corrected chi connectivity index (χ4v) is 5.17. The molecule has 0 aromatic heterocycles. The summed E-state index contributed by atoms with van der Waals surface area (Å²) in [6.45, 7) is 2.03. The zero-order chi connectivity index (χ0) is 13.2. The molecule has 1 aliphatic rings. The van der Waals surface area contributed by atoms with Crippen LogP contribution in [-0.2, 0) is 22.7 Å². The zero-order valence-electron chi connectivity index (χ0n) is 10.7. The normalized spacial score (nSPS) is 16.6. The standard InChI is InChI=1S/C14H19BrO2S/c1-2-11(9-15)10-18(16,17)14-7-6-12-4-3-5-13(12)8-14/h6-8,11H,2-5,9-10H2,1H3. The maximum absolute atomic E-state index is 12.3. The van der Waals surface area contributed by atoms with Gasteiger partial charge in [-0.25, -0.2) is 8.42 Å². The first-order valence-electron chi connectivity index (χ1n) is 6.47. The van der Waals surface area contributed by atoms with Gasteiger partial charge in [-0.05, 0) is 48.4 Å². The molecule has 1 aliphatic carbocycles. The third kappa shape index (κ3) is 2.97. The van der Waals surface area contributed by atoms with E-state index in [0.717, 1.165) is 31.0 Å². The van der Waals surface area contributed by atoms with Gasteiger partial charge in [0.2, 0.25) is 0 Å². The number of benzene rings is 1. The van der Waals surface area contributed by atoms with Gasteiger partial charge in [0.25, 0.3) is 0 Å². The van der Waals surface area contributed by atoms with Gasteiger partial charge in [0, 0.05) is 5.33 Å². The molecular weight excluding hydrogens is 312 g/mol. The van der Waals surface area contributed by atoms with E-state index < -0.39 is 9.84 Å². The minimum Gasteiger partial charge on any atom is -0.224 e. The molecule has 2 rings (SSSR count). The Bertz CT molecular complexity index is 519. The molecule has 18 heavy (non-hydrogen) atoms. The van der Waals surface area contributed by atoms with Crippen LogP contribution in [0.4, 0.5) is 0 Å². The lowest BCUT2D eigenvalue weighted by Crippen LogP contribution is -2.17. The van der Waals surface area contributed by atoms with Crippen molar-refractivity contribution >= 4 is 25.8 Å². The maximum atomic E-state index is 12.3. The number of halogens is 1. The number of hydrogen-bond donors (Lipinski definition) is 0. The second kappa shape index (κ2) is 5.74. The highest BCUT2D eigenvalue weighted by molar-refractivity contribution is 9.09. The van der Waals surface area contributed by atoms with E-state index in [4.69, 9.17) is 0 Å². The molecule has 2 nitrogen and oxygen atoms in total. The highest BCUT2D eigenvalue weighted by Crippen LogP contribution is 2.26. The smallest absolute Gasteiger partial charge is 0.178 e. The van der Waals surface area contributed by atoms with E-state index in [1.807, 2.05) is 19.1 Å². The molecule has 0 spiro atoms. The van der Waals surface area contributed by atoms with E-state index in [1.165, 1.54) is 11.1 Å². The Morgan fingerprint density at radius 2 is 2.00 bits per heavy atom. The van der Waals surface area contributed by atoms with Gasteiger partial charge in [-0.1, -0.05) is 35.3 Å². The van der Waals surface area contributed by atoms with Crippen molar-refractivity contribution in [3.8, 4) is 0 Å². The Hall–Kier alpha value is -0.350. The van der Waals surface area contributed by atoms with Crippen LogP contribution in [0.3, 0.4) is 0 Å². The molecule has 0 saturated heterocycles. The number of hydrogen-bond acceptors (Lipinski definition) is 2. The summed E-state index contributed by atoms with van der Waals surface area (Å²) >= 11 is 3.39. The highest BCUT2D eigenvalue weighted by Gasteiger charge is 2.21. The van der Waals surface area contributed by atoms with Crippen LogP contribution in [-0.4, -0.2) is 19.5 Å². The Morgan fingerprint density at radius 3 is 2.67 bits per heavy atom. The van der Waals surface area contributed by atoms with E-state index >= 15 is 0 Å². The lowest BCUT2D eigenvalue weighted by atomic mass is 10.1. The molecule has 1 atom stereocenters. The Morgan fingerprint density at radius 1 is 1.28 bits per heavy atom. The molecule has 0 aliphatic heterocycles. The first kappa shape index (κ1) is 14.1. The van der Waals surface area contributed by atoms with Gasteiger partial charge in [0.05, 0.1) is 10.6 Å². The van der Waals surface area contributed by atoms with Crippen LogP contribution in [0.5, 0.6) is 0 Å². The molecule has 1 unspecified atom stereocenters. The number of alkyl halides is 1. The van der Waals surface area contributed by atoms with Gasteiger partial charge in [-0.15, -0.1) is 0 Å². The van der Waals surface area contributed by atoms with E-state index in [-0.39, 0.29) is 11.7 Å². The molecular formula is C14H19BrO2S. The second-order valence-corrected chi connectivity index (χ2v) is 7.68. The molecule has 1 aromatic carbocycles. The van der Waals surface area contributed by atoms with Crippen molar-refractivity contribution in [2.24, 2.45) is 5.92 Å². The molecule has 0 saturated carbocycles. The first-order chi connectivity index (χ1) is 8.56. The molecule has 1 aromatic rings. The van der Waals surface area contributed by atoms with Crippen molar-refractivity contribution < 1.29 is 8.42 Å². The molecule has 0 bridgehead atoms. The summed E-state index contributed by atoms with van der Waals surface area (Å²) < 4.78 is 24.7. The van der Waals surface area contributed by atoms with Crippen molar-refractivity contribution in [3.05, 3.63) is 29.3 Å². The quantitative estimate of drug-likeness (QED) is 0.775. The predicted molar refractivity (Wildman–Crippen MR) is 78.1 cm³/mol. The van der Waals surface area contributed by atoms with Crippen LogP contribution in [0.15, 0.2) is 23.1 Å². The van der Waals surface area contributed by atoms with Gasteiger partial charge in [0.1, 0.15) is 0 Å². The minimum absolute atomic E-state index is 0.197. The van der Waals surface area contributed by atoms with E-state index in [2.05, 4.69) is 15.9 Å². The number of aryl methyl sites for hydroxylation is 2. The topological polar surface area (TPSA) is 34.1 Å². The second-order valence-electron chi connectivity index (χ2n) is 4.99. The van der Waals surface area contributed by atoms with Gasteiger partial charge < -0.3 is 0 Å². The summed E-state index contributed by atoms with van der Waals surface area (Å²) in [7, 11) is -3.14. The Balaban J connectivity index is 2.24. The fraction of sp³-hybridized carbons (Fsp3) is 0.571. The van der Waals surface area contributed by atoms with E-state index in [9.17, 15) is 8.42 Å². The molecule has 0 fully saturated rings. The van der Waals surface area contributed by atoms with Gasteiger partial charge in [-0.2, -0.15) is 0 Å². The van der Waals surface area contributed by atoms with Crippen molar-refractivity contribution in [2.45, 2.75) is 37.5 Å². The summed E-state index contributed by atoms with van der Waals surface area (Å²) in [5.74, 6) is 0.441. The molecule has 0 radical (unpaired) electrons. The molecule has 0 N–H and O–H groups in total. The average Bonchev–Trinajstić information content (AvgIpc) is 2.83. The number of rotatable bonds is 5. The van der Waals surface area contributed by atoms with Crippen molar-refractivity contribution in [1.82, 2.24) is 0 Å². The minimum atomic E-state index is -3.14. The van der Waals surface area contributed by atoms with Crippen LogP contribution in [0.25, 0.3) is 0 Å². The summed E-state index contributed by atoms with van der Waals surface area (Å²) in [5.41, 5.74) is 2.55. The van der Waals surface area contributed by atoms with Gasteiger partial charge in [-0.3, -0.25) is 0 Å². The summed E-state index contributed by atoms with van der Waals surface area (Å²) in [4.78, 5) is 0.502.